The lowest BCUT2D eigenvalue weighted by atomic mass is 9.83. The Morgan fingerprint density at radius 3 is 1.95 bits per heavy atom. The number of amides is 6. The van der Waals surface area contributed by atoms with Crippen molar-refractivity contribution in [3.05, 3.63) is 65.7 Å². The van der Waals surface area contributed by atoms with E-state index in [1.54, 1.807) is 48.2 Å². The number of likely N-dealkylation sites (N-methyl/N-ethyl adjacent to an activating group) is 2. The fraction of sp³-hybridized carbons (Fsp3) is 0.672. The fourth-order valence-electron chi connectivity index (χ4n) is 11.1. The topological polar surface area (TPSA) is 270 Å². The maximum Gasteiger partial charge on any atom is 0.410 e. The number of carbonyl (C=O) groups excluding carboxylic acids is 8. The van der Waals surface area contributed by atoms with Crippen molar-refractivity contribution in [2.24, 2.45) is 58.8 Å². The molecule has 1 fully saturated rings. The van der Waals surface area contributed by atoms with E-state index in [1.165, 1.54) is 19.1 Å². The van der Waals surface area contributed by atoms with Gasteiger partial charge in [-0.05, 0) is 78.5 Å². The van der Waals surface area contributed by atoms with Crippen LogP contribution < -0.4 is 22.1 Å². The molecule has 0 spiro atoms. The van der Waals surface area contributed by atoms with E-state index in [4.69, 9.17) is 25.7 Å². The number of hydrogen-bond donors (Lipinski definition) is 5. The van der Waals surface area contributed by atoms with Crippen LogP contribution in [0.5, 0.6) is 0 Å². The Kier molecular flexibility index (Phi) is 28.5. The van der Waals surface area contributed by atoms with Crippen LogP contribution in [-0.4, -0.2) is 145 Å². The van der Waals surface area contributed by atoms with Gasteiger partial charge in [0, 0.05) is 84.1 Å². The van der Waals surface area contributed by atoms with Crippen molar-refractivity contribution >= 4 is 52.9 Å². The Morgan fingerprint density at radius 2 is 1.40 bits per heavy atom. The largest absolute Gasteiger partial charge is 0.445 e. The van der Waals surface area contributed by atoms with Gasteiger partial charge in [0.25, 0.3) is 0 Å². The zero-order valence-corrected chi connectivity index (χ0v) is 50.3. The Labute approximate surface area is 476 Å². The number of benzene rings is 2. The quantitative estimate of drug-likeness (QED) is 0.0421. The minimum absolute atomic E-state index is 0.0364. The molecule has 7 N–H and O–H groups in total. The second kappa shape index (κ2) is 33.2. The molecule has 3 rings (SSSR count). The number of methoxy groups -OCH3 is 2. The van der Waals surface area contributed by atoms with Crippen LogP contribution >= 0.6 is 0 Å². The van der Waals surface area contributed by atoms with Gasteiger partial charge in [-0.3, -0.25) is 28.8 Å². The number of anilines is 1. The molecule has 1 heterocycles. The summed E-state index contributed by atoms with van der Waals surface area (Å²) < 4.78 is 17.8. The Balaban J connectivity index is 1.70. The van der Waals surface area contributed by atoms with Gasteiger partial charge in [0.05, 0.1) is 48.9 Å². The summed E-state index contributed by atoms with van der Waals surface area (Å²) in [4.78, 5) is 113. The molecule has 0 aliphatic carbocycles. The number of urea groups is 1. The lowest BCUT2D eigenvalue weighted by Crippen LogP contribution is -2.54. The summed E-state index contributed by atoms with van der Waals surface area (Å²) in [6.07, 6.45) is -0.218. The van der Waals surface area contributed by atoms with Gasteiger partial charge in [0.1, 0.15) is 12.4 Å². The van der Waals surface area contributed by atoms with Crippen LogP contribution in [0.25, 0.3) is 0 Å². The SMILES string of the molecule is CCC(C)[C@@H]([C@@H](CC(=O)N1CCCC1[C@H](OC)[C@@H](C)C(=O)C[C@H](C)[C@@H](O)c1ccccc1)OC)N(C)C(=O)[C@@H](CC(=O)[C@H](C(C)C)N(C)C(=O)OCc1ccc(NC(=O)C(CCCNC(N)=O)CC(=O)[C@@H](N)C(C)C)cc1)C(C)C. The third-order valence-electron chi connectivity index (χ3n) is 16.3. The normalized spacial score (nSPS) is 17.7. The summed E-state index contributed by atoms with van der Waals surface area (Å²) in [5, 5.41) is 16.3. The first kappa shape index (κ1) is 68.5. The Bertz CT molecular complexity index is 2320. The smallest absolute Gasteiger partial charge is 0.410 e. The zero-order valence-electron chi connectivity index (χ0n) is 50.3. The van der Waals surface area contributed by atoms with Gasteiger partial charge in [0.15, 0.2) is 11.6 Å². The van der Waals surface area contributed by atoms with E-state index in [0.29, 0.717) is 43.5 Å². The van der Waals surface area contributed by atoms with E-state index in [9.17, 15) is 43.5 Å². The van der Waals surface area contributed by atoms with Crippen molar-refractivity contribution in [1.82, 2.24) is 20.0 Å². The molecule has 3 unspecified atom stereocenters. The molecule has 0 aromatic heterocycles. The van der Waals surface area contributed by atoms with E-state index in [2.05, 4.69) is 10.6 Å². The van der Waals surface area contributed by atoms with Crippen LogP contribution in [0.4, 0.5) is 15.3 Å². The van der Waals surface area contributed by atoms with Gasteiger partial charge in [-0.2, -0.15) is 0 Å². The minimum atomic E-state index is -0.928. The lowest BCUT2D eigenvalue weighted by molar-refractivity contribution is -0.149. The van der Waals surface area contributed by atoms with Crippen molar-refractivity contribution in [3.63, 3.8) is 0 Å². The number of nitrogens with two attached hydrogens (primary N) is 2. The molecular weight excluding hydrogens is 1020 g/mol. The summed E-state index contributed by atoms with van der Waals surface area (Å²) in [5.41, 5.74) is 13.1. The highest BCUT2D eigenvalue weighted by molar-refractivity contribution is 5.96. The second-order valence-corrected chi connectivity index (χ2v) is 23.2. The number of primary amides is 1. The van der Waals surface area contributed by atoms with Crippen molar-refractivity contribution in [2.75, 3.05) is 46.7 Å². The molecule has 1 saturated heterocycles. The van der Waals surface area contributed by atoms with Crippen LogP contribution in [0.2, 0.25) is 0 Å². The highest BCUT2D eigenvalue weighted by Crippen LogP contribution is 2.33. The van der Waals surface area contributed by atoms with E-state index in [0.717, 1.165) is 12.0 Å². The molecule has 2 aromatic carbocycles. The summed E-state index contributed by atoms with van der Waals surface area (Å²) in [7, 11) is 6.28. The number of nitrogens with zero attached hydrogens (tertiary/aromatic N) is 3. The van der Waals surface area contributed by atoms with Gasteiger partial charge < -0.3 is 56.1 Å². The number of ketones is 3. The number of Topliss-reactive ketones (excluding diaryl/α,β-unsaturated/α-hetero) is 3. The fourth-order valence-corrected chi connectivity index (χ4v) is 11.1. The molecule has 19 heteroatoms. The number of likely N-dealkylation sites (tertiary alicyclic amines) is 1. The summed E-state index contributed by atoms with van der Waals surface area (Å²) in [6, 6.07) is 12.7. The molecule has 1 aliphatic rings. The number of rotatable bonds is 34. The molecule has 12 atom stereocenters. The number of ether oxygens (including phenoxy) is 3. The summed E-state index contributed by atoms with van der Waals surface area (Å²) in [5.74, 6) is -4.67. The lowest BCUT2D eigenvalue weighted by Gasteiger charge is -2.41. The predicted octanol–water partition coefficient (Wildman–Crippen LogP) is 7.71. The first-order chi connectivity index (χ1) is 37.7. The van der Waals surface area contributed by atoms with E-state index in [-0.39, 0.29) is 110 Å². The highest BCUT2D eigenvalue weighted by atomic mass is 16.6. The van der Waals surface area contributed by atoms with E-state index in [1.807, 2.05) is 99.6 Å². The van der Waals surface area contributed by atoms with Crippen molar-refractivity contribution in [3.8, 4) is 0 Å². The van der Waals surface area contributed by atoms with Crippen LogP contribution in [0.1, 0.15) is 144 Å². The van der Waals surface area contributed by atoms with E-state index >= 15 is 0 Å². The molecule has 1 aliphatic heterocycles. The predicted molar refractivity (Wildman–Crippen MR) is 309 cm³/mol. The highest BCUT2D eigenvalue weighted by Gasteiger charge is 2.44. The van der Waals surface area contributed by atoms with Gasteiger partial charge in [-0.15, -0.1) is 0 Å². The van der Waals surface area contributed by atoms with Crippen molar-refractivity contribution in [2.45, 2.75) is 176 Å². The molecule has 0 saturated carbocycles. The molecule has 19 nitrogen and oxygen atoms in total. The average Bonchev–Trinajstić information content (AvgIpc) is 3.91. The van der Waals surface area contributed by atoms with Crippen LogP contribution in [0.15, 0.2) is 54.6 Å². The Hall–Kier alpha value is -5.76. The van der Waals surface area contributed by atoms with Crippen molar-refractivity contribution < 1.29 is 57.7 Å². The summed E-state index contributed by atoms with van der Waals surface area (Å²) >= 11 is 0. The first-order valence-electron chi connectivity index (χ1n) is 28.7. The molecule has 2 aromatic rings. The van der Waals surface area contributed by atoms with Gasteiger partial charge in [-0.25, -0.2) is 9.59 Å². The average molecular weight is 1120 g/mol. The monoisotopic (exact) mass is 1120 g/mol. The first-order valence-corrected chi connectivity index (χ1v) is 28.7. The maximum atomic E-state index is 14.8. The Morgan fingerprint density at radius 1 is 0.762 bits per heavy atom. The minimum Gasteiger partial charge on any atom is -0.445 e. The van der Waals surface area contributed by atoms with Crippen LogP contribution in [0, 0.1) is 47.3 Å². The van der Waals surface area contributed by atoms with Crippen LogP contribution in [0.3, 0.4) is 0 Å². The van der Waals surface area contributed by atoms with E-state index < -0.39 is 66.3 Å². The maximum absolute atomic E-state index is 14.8. The zero-order chi connectivity index (χ0) is 60.1. The third-order valence-corrected chi connectivity index (χ3v) is 16.3. The number of aliphatic hydroxyl groups is 1. The molecule has 448 valence electrons. The number of hydrogen-bond acceptors (Lipinski definition) is 13. The summed E-state index contributed by atoms with van der Waals surface area (Å²) in [6.45, 7) is 19.3. The number of nitrogens with one attached hydrogen (secondary N) is 2. The molecule has 6 amide bonds. The third kappa shape index (κ3) is 19.8. The second-order valence-electron chi connectivity index (χ2n) is 23.2. The van der Waals surface area contributed by atoms with Crippen molar-refractivity contribution in [1.29, 1.82) is 0 Å². The molecule has 0 radical (unpaired) electrons. The standard InChI is InChI=1S/C61H97N7O12/c1-15-39(8)55(51(78-13)34-52(72)68-30-20-24-47(68)57(79-14)41(10)48(69)31-40(9)56(73)43-21-17-16-18-22-43)66(11)59(75)46(36(2)3)33-50(71)54(38(6)7)67(12)61(77)80-35-42-25-27-45(28-26-42)65-58(74)44(23-19-29-64-60(63)76)32-49(70)53(62)37(4)5/h16-18,21-22,25-28,36-41,44,46-47,51,53-57,73H,15,19-20,23-24,29-35,62H2,1-14H3,(H,65,74)(H3,63,64,76)/t39?,40-,41-,44?,46-,47?,51+,53-,54-,55-,56+,57+/m0/s1. The van der Waals surface area contributed by atoms with Gasteiger partial charge in [-0.1, -0.05) is 118 Å². The number of aliphatic hydroxyl groups excluding tert-OH is 1. The van der Waals surface area contributed by atoms with Gasteiger partial charge in [0.2, 0.25) is 17.7 Å². The number of carbonyl (C=O) groups is 8. The van der Waals surface area contributed by atoms with Crippen LogP contribution in [-0.2, 0) is 49.6 Å². The molecule has 0 bridgehead atoms. The molecular formula is C61H97N7O12. The molecule has 80 heavy (non-hydrogen) atoms. The van der Waals surface area contributed by atoms with Gasteiger partial charge >= 0.3 is 12.1 Å².